The normalized spacial score (nSPS) is 34.6. The molecule has 100 valence electrons. The lowest BCUT2D eigenvalue weighted by Gasteiger charge is -2.44. The summed E-state index contributed by atoms with van der Waals surface area (Å²) in [6.07, 6.45) is 11.2. The van der Waals surface area contributed by atoms with Gasteiger partial charge in [0.1, 0.15) is 0 Å². The van der Waals surface area contributed by atoms with E-state index in [4.69, 9.17) is 0 Å². The first-order chi connectivity index (χ1) is 8.27. The zero-order valence-corrected chi connectivity index (χ0v) is 11.8. The van der Waals surface area contributed by atoms with Crippen molar-refractivity contribution < 1.29 is 0 Å². The number of hydrogen-bond donors (Lipinski definition) is 1. The summed E-state index contributed by atoms with van der Waals surface area (Å²) in [4.78, 5) is 2.81. The minimum absolute atomic E-state index is 0.540. The third kappa shape index (κ3) is 3.23. The topological polar surface area (TPSA) is 15.3 Å². The van der Waals surface area contributed by atoms with Crippen LogP contribution >= 0.6 is 0 Å². The Labute approximate surface area is 107 Å². The molecule has 0 aromatic heterocycles. The van der Waals surface area contributed by atoms with Gasteiger partial charge in [-0.3, -0.25) is 4.90 Å². The molecule has 0 aromatic rings. The molecule has 2 saturated heterocycles. The molecule has 0 saturated carbocycles. The molecule has 0 aromatic carbocycles. The summed E-state index contributed by atoms with van der Waals surface area (Å²) in [6, 6.07) is 0.739. The van der Waals surface area contributed by atoms with Crippen molar-refractivity contribution in [1.29, 1.82) is 0 Å². The van der Waals surface area contributed by atoms with Crippen molar-refractivity contribution in [1.82, 2.24) is 10.2 Å². The number of unbranched alkanes of at least 4 members (excludes halogenated alkanes) is 3. The van der Waals surface area contributed by atoms with E-state index in [1.165, 1.54) is 71.0 Å². The average molecular weight is 238 g/mol. The molecule has 2 heterocycles. The van der Waals surface area contributed by atoms with Gasteiger partial charge in [-0.25, -0.2) is 0 Å². The van der Waals surface area contributed by atoms with Crippen molar-refractivity contribution in [3.05, 3.63) is 0 Å². The molecule has 2 aliphatic rings. The van der Waals surface area contributed by atoms with Crippen LogP contribution in [0.5, 0.6) is 0 Å². The molecule has 2 atom stereocenters. The van der Waals surface area contributed by atoms with E-state index in [9.17, 15) is 0 Å². The van der Waals surface area contributed by atoms with E-state index in [-0.39, 0.29) is 0 Å². The molecule has 2 aliphatic heterocycles. The number of rotatable bonds is 5. The first-order valence-corrected chi connectivity index (χ1v) is 7.75. The lowest BCUT2D eigenvalue weighted by Crippen LogP contribution is -2.56. The monoisotopic (exact) mass is 238 g/mol. The van der Waals surface area contributed by atoms with Gasteiger partial charge < -0.3 is 5.32 Å². The third-order valence-corrected chi connectivity index (χ3v) is 4.84. The summed E-state index contributed by atoms with van der Waals surface area (Å²) in [5.74, 6) is 0. The molecular formula is C15H30N2. The third-order valence-electron chi connectivity index (χ3n) is 4.84. The number of likely N-dealkylation sites (tertiary alicyclic amines) is 1. The fraction of sp³-hybridized carbons (Fsp3) is 1.00. The highest BCUT2D eigenvalue weighted by atomic mass is 15.2. The molecule has 0 bridgehead atoms. The maximum Gasteiger partial charge on any atom is 0.0335 e. The molecule has 1 spiro atoms. The van der Waals surface area contributed by atoms with Crippen molar-refractivity contribution in [2.75, 3.05) is 19.6 Å². The van der Waals surface area contributed by atoms with Crippen LogP contribution in [-0.2, 0) is 0 Å². The smallest absolute Gasteiger partial charge is 0.0335 e. The largest absolute Gasteiger partial charge is 0.312 e. The van der Waals surface area contributed by atoms with Crippen LogP contribution in [0.15, 0.2) is 0 Å². The van der Waals surface area contributed by atoms with Gasteiger partial charge in [-0.15, -0.1) is 0 Å². The summed E-state index contributed by atoms with van der Waals surface area (Å²) in [6.45, 7) is 8.55. The van der Waals surface area contributed by atoms with Crippen molar-refractivity contribution in [2.45, 2.75) is 76.8 Å². The highest BCUT2D eigenvalue weighted by Gasteiger charge is 2.42. The summed E-state index contributed by atoms with van der Waals surface area (Å²) < 4.78 is 0. The molecule has 2 heteroatoms. The standard InChI is InChI=1S/C15H30N2/c1-3-4-5-6-11-17-12-7-9-15(17)10-8-14(2)16-13-15/h14,16H,3-13H2,1-2H3. The number of nitrogens with one attached hydrogen (secondary N) is 1. The molecule has 2 nitrogen and oxygen atoms in total. The molecule has 2 unspecified atom stereocenters. The SMILES string of the molecule is CCCCCCN1CCCC12CCC(C)NC2. The summed E-state index contributed by atoms with van der Waals surface area (Å²) >= 11 is 0. The predicted molar refractivity (Wildman–Crippen MR) is 74.4 cm³/mol. The van der Waals surface area contributed by atoms with Crippen molar-refractivity contribution in [3.8, 4) is 0 Å². The maximum atomic E-state index is 3.70. The van der Waals surface area contributed by atoms with Crippen LogP contribution < -0.4 is 5.32 Å². The minimum atomic E-state index is 0.540. The molecular weight excluding hydrogens is 208 g/mol. The van der Waals surface area contributed by atoms with Crippen molar-refractivity contribution in [3.63, 3.8) is 0 Å². The highest BCUT2D eigenvalue weighted by Crippen LogP contribution is 2.36. The first kappa shape index (κ1) is 13.4. The van der Waals surface area contributed by atoms with Crippen LogP contribution in [0.1, 0.15) is 65.2 Å². The Balaban J connectivity index is 1.80. The second-order valence-electron chi connectivity index (χ2n) is 6.20. The van der Waals surface area contributed by atoms with Gasteiger partial charge in [0, 0.05) is 18.1 Å². The molecule has 2 rings (SSSR count). The van der Waals surface area contributed by atoms with Crippen LogP contribution in [0, 0.1) is 0 Å². The second-order valence-corrected chi connectivity index (χ2v) is 6.20. The zero-order valence-electron chi connectivity index (χ0n) is 11.8. The quantitative estimate of drug-likeness (QED) is 0.740. The Morgan fingerprint density at radius 3 is 2.82 bits per heavy atom. The van der Waals surface area contributed by atoms with Crippen LogP contribution in [-0.4, -0.2) is 36.1 Å². The number of hydrogen-bond acceptors (Lipinski definition) is 2. The van der Waals surface area contributed by atoms with E-state index in [1.807, 2.05) is 0 Å². The summed E-state index contributed by atoms with van der Waals surface area (Å²) in [5.41, 5.74) is 0.540. The van der Waals surface area contributed by atoms with Gasteiger partial charge in [0.05, 0.1) is 0 Å². The fourth-order valence-electron chi connectivity index (χ4n) is 3.60. The first-order valence-electron chi connectivity index (χ1n) is 7.75. The Bertz CT molecular complexity index is 219. The average Bonchev–Trinajstić information content (AvgIpc) is 2.72. The van der Waals surface area contributed by atoms with Crippen LogP contribution in [0.25, 0.3) is 0 Å². The molecule has 0 aliphatic carbocycles. The second kappa shape index (κ2) is 6.19. The van der Waals surface area contributed by atoms with E-state index in [0.29, 0.717) is 5.54 Å². The lowest BCUT2D eigenvalue weighted by molar-refractivity contribution is 0.0919. The van der Waals surface area contributed by atoms with Gasteiger partial charge in [0.2, 0.25) is 0 Å². The molecule has 2 fully saturated rings. The Hall–Kier alpha value is -0.0800. The molecule has 17 heavy (non-hydrogen) atoms. The van der Waals surface area contributed by atoms with Gasteiger partial charge >= 0.3 is 0 Å². The van der Waals surface area contributed by atoms with Crippen LogP contribution in [0.3, 0.4) is 0 Å². The van der Waals surface area contributed by atoms with Crippen molar-refractivity contribution in [2.24, 2.45) is 0 Å². The van der Waals surface area contributed by atoms with Gasteiger partial charge in [-0.05, 0) is 52.1 Å². The maximum absolute atomic E-state index is 3.70. The molecule has 0 amide bonds. The lowest BCUT2D eigenvalue weighted by atomic mass is 9.85. The van der Waals surface area contributed by atoms with Crippen molar-refractivity contribution >= 4 is 0 Å². The highest BCUT2D eigenvalue weighted by molar-refractivity contribution is 5.00. The fourth-order valence-corrected chi connectivity index (χ4v) is 3.60. The van der Waals surface area contributed by atoms with Gasteiger partial charge in [0.15, 0.2) is 0 Å². The minimum Gasteiger partial charge on any atom is -0.312 e. The zero-order chi connectivity index (χ0) is 12.1. The molecule has 1 N–H and O–H groups in total. The number of nitrogens with zero attached hydrogens (tertiary/aromatic N) is 1. The summed E-state index contributed by atoms with van der Waals surface area (Å²) in [7, 11) is 0. The van der Waals surface area contributed by atoms with E-state index in [2.05, 4.69) is 24.1 Å². The number of piperidine rings is 1. The predicted octanol–water partition coefficient (Wildman–Crippen LogP) is 3.17. The van der Waals surface area contributed by atoms with E-state index >= 15 is 0 Å². The Kier molecular flexibility index (Phi) is 4.87. The Morgan fingerprint density at radius 2 is 2.12 bits per heavy atom. The van der Waals surface area contributed by atoms with E-state index < -0.39 is 0 Å². The Morgan fingerprint density at radius 1 is 1.24 bits per heavy atom. The van der Waals surface area contributed by atoms with Crippen LogP contribution in [0.4, 0.5) is 0 Å². The van der Waals surface area contributed by atoms with Crippen LogP contribution in [0.2, 0.25) is 0 Å². The van der Waals surface area contributed by atoms with Gasteiger partial charge in [-0.2, -0.15) is 0 Å². The van der Waals surface area contributed by atoms with E-state index in [0.717, 1.165) is 6.04 Å². The molecule has 0 radical (unpaired) electrons. The van der Waals surface area contributed by atoms with Gasteiger partial charge in [0.25, 0.3) is 0 Å². The van der Waals surface area contributed by atoms with Gasteiger partial charge in [-0.1, -0.05) is 26.2 Å². The summed E-state index contributed by atoms with van der Waals surface area (Å²) in [5, 5.41) is 3.70. The van der Waals surface area contributed by atoms with E-state index in [1.54, 1.807) is 0 Å².